The molecular formula is C26H40N6O3. The number of nitrogens with zero attached hydrogens (tertiary/aromatic N) is 4. The van der Waals surface area contributed by atoms with Crippen molar-refractivity contribution in [3.8, 4) is 0 Å². The molecule has 4 amide bonds. The highest BCUT2D eigenvalue weighted by atomic mass is 16.2. The molecule has 0 atom stereocenters. The van der Waals surface area contributed by atoms with Crippen LogP contribution >= 0.6 is 0 Å². The Morgan fingerprint density at radius 1 is 1.20 bits per heavy atom. The van der Waals surface area contributed by atoms with Crippen molar-refractivity contribution >= 4 is 23.7 Å². The summed E-state index contributed by atoms with van der Waals surface area (Å²) in [6.07, 6.45) is 5.93. The van der Waals surface area contributed by atoms with Crippen LogP contribution in [0.5, 0.6) is 0 Å². The number of carbonyl (C=O) groups excluding carboxylic acids is 3. The number of amides is 4. The van der Waals surface area contributed by atoms with Crippen molar-refractivity contribution in [1.82, 2.24) is 25.4 Å². The van der Waals surface area contributed by atoms with E-state index >= 15 is 0 Å². The van der Waals surface area contributed by atoms with Crippen LogP contribution in [0.3, 0.4) is 0 Å². The van der Waals surface area contributed by atoms with Crippen molar-refractivity contribution < 1.29 is 14.4 Å². The predicted molar refractivity (Wildman–Crippen MR) is 135 cm³/mol. The largest absolute Gasteiger partial charge is 0.354 e. The number of hydrogen-bond donors (Lipinski definition) is 2. The van der Waals surface area contributed by atoms with Crippen LogP contribution in [0.25, 0.3) is 0 Å². The summed E-state index contributed by atoms with van der Waals surface area (Å²) >= 11 is 0. The molecule has 1 aromatic heterocycles. The number of anilines is 1. The van der Waals surface area contributed by atoms with Crippen molar-refractivity contribution in [2.45, 2.75) is 65.0 Å². The maximum atomic E-state index is 13.3. The van der Waals surface area contributed by atoms with Gasteiger partial charge in [-0.1, -0.05) is 33.3 Å². The Labute approximate surface area is 208 Å². The molecule has 0 radical (unpaired) electrons. The van der Waals surface area contributed by atoms with Gasteiger partial charge in [-0.15, -0.1) is 0 Å². The summed E-state index contributed by atoms with van der Waals surface area (Å²) in [6, 6.07) is 3.36. The number of imide groups is 1. The maximum absolute atomic E-state index is 13.3. The Bertz CT molecular complexity index is 948. The molecule has 35 heavy (non-hydrogen) atoms. The van der Waals surface area contributed by atoms with E-state index in [1.54, 1.807) is 6.20 Å². The topological polar surface area (TPSA) is 97.9 Å². The lowest BCUT2D eigenvalue weighted by Gasteiger charge is -2.42. The lowest BCUT2D eigenvalue weighted by atomic mass is 9.65. The van der Waals surface area contributed by atoms with E-state index in [-0.39, 0.29) is 23.8 Å². The predicted octanol–water partition coefficient (Wildman–Crippen LogP) is 2.37. The molecule has 192 valence electrons. The van der Waals surface area contributed by atoms with Crippen LogP contribution in [0, 0.1) is 11.3 Å². The number of urea groups is 1. The minimum Gasteiger partial charge on any atom is -0.354 e. The molecule has 0 unspecified atom stereocenters. The second kappa shape index (κ2) is 10.1. The zero-order chi connectivity index (χ0) is 25.2. The summed E-state index contributed by atoms with van der Waals surface area (Å²) in [4.78, 5) is 48.9. The Hall–Kier alpha value is -2.68. The molecule has 9 heteroatoms. The van der Waals surface area contributed by atoms with E-state index < -0.39 is 11.6 Å². The van der Waals surface area contributed by atoms with Gasteiger partial charge in [0.1, 0.15) is 17.9 Å². The van der Waals surface area contributed by atoms with Gasteiger partial charge in [-0.05, 0) is 50.1 Å². The average molecular weight is 485 g/mol. The molecule has 1 saturated carbocycles. The second-order valence-electron chi connectivity index (χ2n) is 11.1. The lowest BCUT2D eigenvalue weighted by molar-refractivity contribution is -0.136. The fourth-order valence-electron chi connectivity index (χ4n) is 5.60. The van der Waals surface area contributed by atoms with Crippen molar-refractivity contribution in [1.29, 1.82) is 0 Å². The molecule has 4 rings (SSSR count). The maximum Gasteiger partial charge on any atom is 0.325 e. The molecule has 3 fully saturated rings. The van der Waals surface area contributed by atoms with Gasteiger partial charge in [-0.2, -0.15) is 0 Å². The van der Waals surface area contributed by atoms with Crippen molar-refractivity contribution in [3.05, 3.63) is 23.9 Å². The van der Waals surface area contributed by atoms with E-state index in [2.05, 4.69) is 53.2 Å². The fraction of sp³-hybridized carbons (Fsp3) is 0.692. The molecular weight excluding hydrogens is 444 g/mol. The highest BCUT2D eigenvalue weighted by Gasteiger charge is 2.53. The van der Waals surface area contributed by atoms with E-state index in [4.69, 9.17) is 0 Å². The normalized spacial score (nSPS) is 25.8. The van der Waals surface area contributed by atoms with Gasteiger partial charge in [0.05, 0.1) is 0 Å². The SMILES string of the molecule is CCC(C)(C)C1CCC2(CC1)NC(=O)N(CC(=O)NCc1cccnc1N1CCN(C)CC1)C2=O. The number of piperazine rings is 1. The van der Waals surface area contributed by atoms with E-state index in [1.165, 1.54) is 0 Å². The molecule has 9 nitrogen and oxygen atoms in total. The van der Waals surface area contributed by atoms with Gasteiger partial charge < -0.3 is 20.4 Å². The third kappa shape index (κ3) is 5.29. The average Bonchev–Trinajstić information content (AvgIpc) is 3.07. The van der Waals surface area contributed by atoms with Gasteiger partial charge in [-0.25, -0.2) is 9.78 Å². The van der Waals surface area contributed by atoms with Crippen LogP contribution < -0.4 is 15.5 Å². The molecule has 2 aliphatic heterocycles. The molecule has 1 spiro atoms. The highest BCUT2D eigenvalue weighted by Crippen LogP contribution is 2.45. The van der Waals surface area contributed by atoms with Gasteiger partial charge >= 0.3 is 6.03 Å². The molecule has 3 heterocycles. The van der Waals surface area contributed by atoms with Crippen LogP contribution in [0.15, 0.2) is 18.3 Å². The first-order valence-corrected chi connectivity index (χ1v) is 12.9. The van der Waals surface area contributed by atoms with E-state index in [0.717, 1.165) is 61.7 Å². The standard InChI is InChI=1S/C26H40N6O3/c1-5-25(2,3)20-8-10-26(11-9-20)23(34)32(24(35)29-26)18-21(33)28-17-19-7-6-12-27-22(19)31-15-13-30(4)14-16-31/h6-7,12,20H,5,8-11,13-18H2,1-4H3,(H,28,33)(H,29,35). The number of aromatic nitrogens is 1. The van der Waals surface area contributed by atoms with Crippen molar-refractivity contribution in [2.75, 3.05) is 44.7 Å². The molecule has 2 saturated heterocycles. The lowest BCUT2D eigenvalue weighted by Crippen LogP contribution is -2.51. The summed E-state index contributed by atoms with van der Waals surface area (Å²) < 4.78 is 0. The Balaban J connectivity index is 1.33. The molecule has 0 aromatic carbocycles. The monoisotopic (exact) mass is 484 g/mol. The summed E-state index contributed by atoms with van der Waals surface area (Å²) in [5.41, 5.74) is 0.300. The molecule has 2 N–H and O–H groups in total. The number of nitrogens with one attached hydrogen (secondary N) is 2. The fourth-order valence-corrected chi connectivity index (χ4v) is 5.60. The molecule has 3 aliphatic rings. The van der Waals surface area contributed by atoms with E-state index in [0.29, 0.717) is 25.3 Å². The third-order valence-corrected chi connectivity index (χ3v) is 8.55. The van der Waals surface area contributed by atoms with Crippen LogP contribution in [-0.2, 0) is 16.1 Å². The van der Waals surface area contributed by atoms with Gasteiger partial charge in [0, 0.05) is 44.5 Å². The summed E-state index contributed by atoms with van der Waals surface area (Å²) in [7, 11) is 2.11. The highest BCUT2D eigenvalue weighted by molar-refractivity contribution is 6.09. The number of likely N-dealkylation sites (N-methyl/N-ethyl adjacent to an activating group) is 1. The minimum absolute atomic E-state index is 0.224. The van der Waals surface area contributed by atoms with Gasteiger partial charge in [0.15, 0.2) is 0 Å². The first-order valence-electron chi connectivity index (χ1n) is 12.9. The zero-order valence-corrected chi connectivity index (χ0v) is 21.6. The Morgan fingerprint density at radius 3 is 2.54 bits per heavy atom. The second-order valence-corrected chi connectivity index (χ2v) is 11.1. The summed E-state index contributed by atoms with van der Waals surface area (Å²) in [5, 5.41) is 5.82. The van der Waals surface area contributed by atoms with Crippen molar-refractivity contribution in [3.63, 3.8) is 0 Å². The number of pyridine rings is 1. The van der Waals surface area contributed by atoms with E-state index in [9.17, 15) is 14.4 Å². The Kier molecular flexibility index (Phi) is 7.35. The molecule has 0 bridgehead atoms. The smallest absolute Gasteiger partial charge is 0.325 e. The third-order valence-electron chi connectivity index (χ3n) is 8.55. The molecule has 1 aromatic rings. The Morgan fingerprint density at radius 2 is 1.89 bits per heavy atom. The van der Waals surface area contributed by atoms with Gasteiger partial charge in [0.25, 0.3) is 5.91 Å². The van der Waals surface area contributed by atoms with Gasteiger partial charge in [0.2, 0.25) is 5.91 Å². The van der Waals surface area contributed by atoms with Crippen LogP contribution in [0.4, 0.5) is 10.6 Å². The number of carbonyl (C=O) groups is 3. The van der Waals surface area contributed by atoms with Crippen LogP contribution in [-0.4, -0.2) is 77.9 Å². The van der Waals surface area contributed by atoms with E-state index in [1.807, 2.05) is 12.1 Å². The van der Waals surface area contributed by atoms with Crippen LogP contribution in [0.1, 0.15) is 58.4 Å². The number of rotatable bonds is 7. The van der Waals surface area contributed by atoms with Crippen LogP contribution in [0.2, 0.25) is 0 Å². The van der Waals surface area contributed by atoms with Crippen molar-refractivity contribution in [2.24, 2.45) is 11.3 Å². The summed E-state index contributed by atoms with van der Waals surface area (Å²) in [6.45, 7) is 10.5. The first kappa shape index (κ1) is 25.4. The zero-order valence-electron chi connectivity index (χ0n) is 21.6. The molecule has 1 aliphatic carbocycles. The minimum atomic E-state index is -0.852. The first-order chi connectivity index (χ1) is 16.6. The number of hydrogen-bond acceptors (Lipinski definition) is 6. The van der Waals surface area contributed by atoms with Gasteiger partial charge in [-0.3, -0.25) is 14.5 Å². The summed E-state index contributed by atoms with van der Waals surface area (Å²) in [5.74, 6) is 0.806. The quantitative estimate of drug-likeness (QED) is 0.577.